The number of aromatic nitrogens is 2. The van der Waals surface area contributed by atoms with Gasteiger partial charge in [0.1, 0.15) is 5.54 Å². The van der Waals surface area contributed by atoms with Crippen LogP contribution >= 0.6 is 0 Å². The van der Waals surface area contributed by atoms with E-state index >= 15 is 0 Å². The summed E-state index contributed by atoms with van der Waals surface area (Å²) < 4.78 is 5.45. The molecule has 122 valence electrons. The maximum atomic E-state index is 11.9. The van der Waals surface area contributed by atoms with Crippen molar-refractivity contribution in [3.8, 4) is 0 Å². The van der Waals surface area contributed by atoms with E-state index in [0.29, 0.717) is 19.6 Å². The first-order valence-corrected chi connectivity index (χ1v) is 7.88. The Balaban J connectivity index is 1.62. The van der Waals surface area contributed by atoms with Crippen LogP contribution in [-0.4, -0.2) is 70.8 Å². The number of hydrogen-bond acceptors (Lipinski definition) is 5. The molecule has 0 aromatic carbocycles. The van der Waals surface area contributed by atoms with Crippen LogP contribution in [-0.2, 0) is 16.1 Å². The summed E-state index contributed by atoms with van der Waals surface area (Å²) in [5.41, 5.74) is 8.56. The Hall–Kier alpha value is -1.44. The van der Waals surface area contributed by atoms with Gasteiger partial charge in [-0.05, 0) is 13.8 Å². The van der Waals surface area contributed by atoms with E-state index in [1.807, 2.05) is 6.92 Å². The summed E-state index contributed by atoms with van der Waals surface area (Å²) in [5.74, 6) is -0.250. The Kier molecular flexibility index (Phi) is 4.20. The zero-order valence-corrected chi connectivity index (χ0v) is 13.4. The molecule has 2 aliphatic rings. The summed E-state index contributed by atoms with van der Waals surface area (Å²) in [7, 11) is 0. The van der Waals surface area contributed by atoms with Gasteiger partial charge in [-0.2, -0.15) is 5.10 Å². The van der Waals surface area contributed by atoms with Gasteiger partial charge in [0.15, 0.2) is 0 Å². The number of primary amides is 1. The number of hydrogen-bond donors (Lipinski definition) is 2. The predicted octanol–water partition coefficient (Wildman–Crippen LogP) is -0.211. The van der Waals surface area contributed by atoms with Crippen molar-refractivity contribution in [2.24, 2.45) is 5.73 Å². The molecular formula is C15H25N5O2. The topological polar surface area (TPSA) is 87.5 Å². The molecule has 3 heterocycles. The molecule has 1 unspecified atom stereocenters. The highest BCUT2D eigenvalue weighted by molar-refractivity contribution is 5.85. The summed E-state index contributed by atoms with van der Waals surface area (Å²) >= 11 is 0. The molecule has 2 aliphatic heterocycles. The number of amides is 1. The average Bonchev–Trinajstić information content (AvgIpc) is 3.11. The lowest BCUT2D eigenvalue weighted by Crippen LogP contribution is -2.63. The molecule has 0 saturated carbocycles. The minimum atomic E-state index is -0.590. The number of piperazine rings is 1. The molecule has 2 fully saturated rings. The maximum absolute atomic E-state index is 11.9. The van der Waals surface area contributed by atoms with Gasteiger partial charge < -0.3 is 10.5 Å². The maximum Gasteiger partial charge on any atom is 0.240 e. The Labute approximate surface area is 130 Å². The number of carbonyl (C=O) groups is 1. The lowest BCUT2D eigenvalue weighted by Gasteiger charge is -2.43. The summed E-state index contributed by atoms with van der Waals surface area (Å²) in [5, 5.41) is 7.29. The zero-order valence-electron chi connectivity index (χ0n) is 13.4. The van der Waals surface area contributed by atoms with Gasteiger partial charge in [0.2, 0.25) is 5.91 Å². The normalized spacial score (nSPS) is 27.4. The number of aromatic amines is 1. The number of ether oxygens (including phenoxy) is 1. The third kappa shape index (κ3) is 2.64. The summed E-state index contributed by atoms with van der Waals surface area (Å²) in [6.07, 6.45) is 0.711. The minimum Gasteiger partial charge on any atom is -0.379 e. The van der Waals surface area contributed by atoms with E-state index in [4.69, 9.17) is 10.5 Å². The lowest BCUT2D eigenvalue weighted by atomic mass is 9.94. The van der Waals surface area contributed by atoms with Crippen molar-refractivity contribution in [2.45, 2.75) is 32.4 Å². The first kappa shape index (κ1) is 15.5. The fraction of sp³-hybridized carbons (Fsp3) is 0.733. The van der Waals surface area contributed by atoms with Gasteiger partial charge in [0.25, 0.3) is 0 Å². The molecule has 0 radical (unpaired) electrons. The van der Waals surface area contributed by atoms with Gasteiger partial charge in [-0.3, -0.25) is 19.7 Å². The summed E-state index contributed by atoms with van der Waals surface area (Å²) in [6, 6.07) is 0. The van der Waals surface area contributed by atoms with E-state index in [9.17, 15) is 4.79 Å². The first-order chi connectivity index (χ1) is 10.5. The van der Waals surface area contributed by atoms with Crippen molar-refractivity contribution in [2.75, 3.05) is 39.4 Å². The quantitative estimate of drug-likeness (QED) is 0.803. The summed E-state index contributed by atoms with van der Waals surface area (Å²) in [4.78, 5) is 16.5. The Morgan fingerprint density at radius 3 is 2.59 bits per heavy atom. The van der Waals surface area contributed by atoms with Crippen molar-refractivity contribution in [3.05, 3.63) is 17.0 Å². The molecule has 1 aromatic rings. The SMILES string of the molecule is Cc1n[nH]c(C)c1CN1CCN(C2(C(N)=O)CCOC2)CC1. The van der Waals surface area contributed by atoms with Crippen LogP contribution in [0.3, 0.4) is 0 Å². The van der Waals surface area contributed by atoms with Crippen LogP contribution in [0.25, 0.3) is 0 Å². The average molecular weight is 307 g/mol. The number of nitrogens with one attached hydrogen (secondary N) is 1. The molecular weight excluding hydrogens is 282 g/mol. The van der Waals surface area contributed by atoms with Crippen molar-refractivity contribution in [3.63, 3.8) is 0 Å². The number of nitrogens with two attached hydrogens (primary N) is 1. The molecule has 7 heteroatoms. The molecule has 1 atom stereocenters. The minimum absolute atomic E-state index is 0.250. The van der Waals surface area contributed by atoms with Gasteiger partial charge >= 0.3 is 0 Å². The second-order valence-corrected chi connectivity index (χ2v) is 6.37. The zero-order chi connectivity index (χ0) is 15.7. The largest absolute Gasteiger partial charge is 0.379 e. The molecule has 7 nitrogen and oxygen atoms in total. The van der Waals surface area contributed by atoms with Crippen LogP contribution in [0.5, 0.6) is 0 Å². The van der Waals surface area contributed by atoms with Crippen molar-refractivity contribution >= 4 is 5.91 Å². The van der Waals surface area contributed by atoms with E-state index in [1.54, 1.807) is 0 Å². The molecule has 3 N–H and O–H groups in total. The predicted molar refractivity (Wildman–Crippen MR) is 82.3 cm³/mol. The third-order valence-corrected chi connectivity index (χ3v) is 5.10. The third-order valence-electron chi connectivity index (χ3n) is 5.10. The number of nitrogens with zero attached hydrogens (tertiary/aromatic N) is 3. The second-order valence-electron chi connectivity index (χ2n) is 6.37. The van der Waals surface area contributed by atoms with Crippen LogP contribution in [0.2, 0.25) is 0 Å². The molecule has 2 saturated heterocycles. The highest BCUT2D eigenvalue weighted by Gasteiger charge is 2.46. The molecule has 0 spiro atoms. The second kappa shape index (κ2) is 5.98. The fourth-order valence-corrected chi connectivity index (χ4v) is 3.52. The lowest BCUT2D eigenvalue weighted by molar-refractivity contribution is -0.132. The molecule has 1 aromatic heterocycles. The number of H-pyrrole nitrogens is 1. The molecule has 0 bridgehead atoms. The van der Waals surface area contributed by atoms with Gasteiger partial charge in [-0.15, -0.1) is 0 Å². The van der Waals surface area contributed by atoms with Crippen LogP contribution in [0.15, 0.2) is 0 Å². The van der Waals surface area contributed by atoms with Crippen molar-refractivity contribution < 1.29 is 9.53 Å². The van der Waals surface area contributed by atoms with Gasteiger partial charge in [-0.25, -0.2) is 0 Å². The van der Waals surface area contributed by atoms with E-state index in [1.165, 1.54) is 5.56 Å². The van der Waals surface area contributed by atoms with Crippen molar-refractivity contribution in [1.82, 2.24) is 20.0 Å². The Morgan fingerprint density at radius 2 is 2.09 bits per heavy atom. The fourth-order valence-electron chi connectivity index (χ4n) is 3.52. The smallest absolute Gasteiger partial charge is 0.240 e. The molecule has 22 heavy (non-hydrogen) atoms. The van der Waals surface area contributed by atoms with E-state index in [-0.39, 0.29) is 5.91 Å². The van der Waals surface area contributed by atoms with Crippen LogP contribution in [0.1, 0.15) is 23.4 Å². The molecule has 1 amide bonds. The highest BCUT2D eigenvalue weighted by Crippen LogP contribution is 2.27. The molecule has 3 rings (SSSR count). The van der Waals surface area contributed by atoms with E-state index in [2.05, 4.69) is 26.9 Å². The number of carbonyl (C=O) groups excluding carboxylic acids is 1. The molecule has 0 aliphatic carbocycles. The van der Waals surface area contributed by atoms with E-state index < -0.39 is 5.54 Å². The van der Waals surface area contributed by atoms with Crippen LogP contribution < -0.4 is 5.73 Å². The number of aryl methyl sites for hydroxylation is 2. The van der Waals surface area contributed by atoms with Crippen LogP contribution in [0, 0.1) is 13.8 Å². The summed E-state index contributed by atoms with van der Waals surface area (Å²) in [6.45, 7) is 9.61. The van der Waals surface area contributed by atoms with Crippen LogP contribution in [0.4, 0.5) is 0 Å². The Morgan fingerprint density at radius 1 is 1.36 bits per heavy atom. The van der Waals surface area contributed by atoms with E-state index in [0.717, 1.165) is 44.1 Å². The Bertz CT molecular complexity index is 523. The van der Waals surface area contributed by atoms with Gasteiger partial charge in [0, 0.05) is 57.0 Å². The van der Waals surface area contributed by atoms with Gasteiger partial charge in [-0.1, -0.05) is 0 Å². The first-order valence-electron chi connectivity index (χ1n) is 7.88. The monoisotopic (exact) mass is 307 g/mol. The standard InChI is InChI=1S/C15H25N5O2/c1-11-13(12(2)18-17-11)9-19-4-6-20(7-5-19)15(14(16)21)3-8-22-10-15/h3-10H2,1-2H3,(H2,16,21)(H,17,18). The van der Waals surface area contributed by atoms with Gasteiger partial charge in [0.05, 0.1) is 12.3 Å². The number of rotatable bonds is 4. The highest BCUT2D eigenvalue weighted by atomic mass is 16.5. The van der Waals surface area contributed by atoms with Crippen molar-refractivity contribution in [1.29, 1.82) is 0 Å².